The maximum Gasteiger partial charge on any atom is 0.0407 e. The van der Waals surface area contributed by atoms with Gasteiger partial charge < -0.3 is 5.32 Å². The Kier molecular flexibility index (Phi) is 12.0. The van der Waals surface area contributed by atoms with Crippen molar-refractivity contribution in [1.82, 2.24) is 5.32 Å². The second kappa shape index (κ2) is 12.2. The average Bonchev–Trinajstić information content (AvgIpc) is 2.34. The zero-order chi connectivity index (χ0) is 12.9. The Morgan fingerprint density at radius 2 is 1.88 bits per heavy atom. The standard InChI is InChI=1S/C15H28ClN/c1-4-11-15(5-2)14(3)17-13-10-8-6-7-9-12-16/h6-9,14-15,17H,4-5,10-13H2,1-3H3/b8-6-,9-7-. The molecule has 0 aromatic rings. The molecule has 0 aromatic carbocycles. The number of alkyl halides is 1. The van der Waals surface area contributed by atoms with Crippen LogP contribution in [0.4, 0.5) is 0 Å². The molecule has 0 aliphatic heterocycles. The second-order valence-electron chi connectivity index (χ2n) is 4.50. The van der Waals surface area contributed by atoms with Crippen LogP contribution in [0.15, 0.2) is 24.3 Å². The van der Waals surface area contributed by atoms with Gasteiger partial charge in [-0.2, -0.15) is 0 Å². The summed E-state index contributed by atoms with van der Waals surface area (Å²) >= 11 is 5.53. The largest absolute Gasteiger partial charge is 0.314 e. The molecular weight excluding hydrogens is 230 g/mol. The monoisotopic (exact) mass is 257 g/mol. The molecule has 1 N–H and O–H groups in total. The van der Waals surface area contributed by atoms with Crippen LogP contribution in [0.25, 0.3) is 0 Å². The van der Waals surface area contributed by atoms with E-state index < -0.39 is 0 Å². The highest BCUT2D eigenvalue weighted by Gasteiger charge is 2.12. The SMILES string of the molecule is CCCC(CC)C(C)NCC/C=C\C=C/CCl. The molecule has 0 amide bonds. The number of rotatable bonds is 10. The summed E-state index contributed by atoms with van der Waals surface area (Å²) in [5.74, 6) is 1.41. The molecule has 0 fully saturated rings. The molecule has 0 heterocycles. The van der Waals surface area contributed by atoms with Crippen molar-refractivity contribution < 1.29 is 0 Å². The lowest BCUT2D eigenvalue weighted by molar-refractivity contribution is 0.343. The summed E-state index contributed by atoms with van der Waals surface area (Å²) in [6, 6.07) is 0.631. The Hall–Kier alpha value is -0.270. The van der Waals surface area contributed by atoms with Crippen molar-refractivity contribution in [1.29, 1.82) is 0 Å². The molecule has 0 spiro atoms. The molecule has 2 atom stereocenters. The van der Waals surface area contributed by atoms with Crippen LogP contribution < -0.4 is 5.32 Å². The van der Waals surface area contributed by atoms with Gasteiger partial charge in [0.25, 0.3) is 0 Å². The summed E-state index contributed by atoms with van der Waals surface area (Å²) < 4.78 is 0. The van der Waals surface area contributed by atoms with Crippen LogP contribution >= 0.6 is 11.6 Å². The van der Waals surface area contributed by atoms with E-state index in [1.54, 1.807) is 0 Å². The second-order valence-corrected chi connectivity index (χ2v) is 4.81. The smallest absolute Gasteiger partial charge is 0.0407 e. The minimum absolute atomic E-state index is 0.592. The quantitative estimate of drug-likeness (QED) is 0.344. The van der Waals surface area contributed by atoms with Gasteiger partial charge in [-0.25, -0.2) is 0 Å². The topological polar surface area (TPSA) is 12.0 Å². The van der Waals surface area contributed by atoms with E-state index in [4.69, 9.17) is 11.6 Å². The molecule has 1 nitrogen and oxygen atoms in total. The Balaban J connectivity index is 3.65. The van der Waals surface area contributed by atoms with Crippen LogP contribution in [-0.4, -0.2) is 18.5 Å². The molecule has 0 bridgehead atoms. The fourth-order valence-corrected chi connectivity index (χ4v) is 2.15. The van der Waals surface area contributed by atoms with Crippen molar-refractivity contribution >= 4 is 11.6 Å². The van der Waals surface area contributed by atoms with E-state index in [-0.39, 0.29) is 0 Å². The maximum absolute atomic E-state index is 5.53. The van der Waals surface area contributed by atoms with Gasteiger partial charge in [-0.1, -0.05) is 51.0 Å². The highest BCUT2D eigenvalue weighted by molar-refractivity contribution is 6.18. The fraction of sp³-hybridized carbons (Fsp3) is 0.733. The third kappa shape index (κ3) is 9.43. The van der Waals surface area contributed by atoms with Gasteiger partial charge in [-0.05, 0) is 32.2 Å². The molecular formula is C15H28ClN. The van der Waals surface area contributed by atoms with Gasteiger partial charge in [0.15, 0.2) is 0 Å². The Bertz CT molecular complexity index is 211. The van der Waals surface area contributed by atoms with Crippen LogP contribution in [0.5, 0.6) is 0 Å². The predicted molar refractivity (Wildman–Crippen MR) is 79.8 cm³/mol. The highest BCUT2D eigenvalue weighted by atomic mass is 35.5. The minimum atomic E-state index is 0.592. The Morgan fingerprint density at radius 1 is 1.18 bits per heavy atom. The summed E-state index contributed by atoms with van der Waals surface area (Å²) in [5, 5.41) is 3.61. The molecule has 0 saturated heterocycles. The first-order valence-electron chi connectivity index (χ1n) is 6.87. The molecule has 2 unspecified atom stereocenters. The van der Waals surface area contributed by atoms with Crippen LogP contribution in [0.2, 0.25) is 0 Å². The lowest BCUT2D eigenvalue weighted by atomic mass is 9.93. The highest BCUT2D eigenvalue weighted by Crippen LogP contribution is 2.15. The molecule has 0 radical (unpaired) electrons. The summed E-state index contributed by atoms with van der Waals surface area (Å²) in [4.78, 5) is 0. The first kappa shape index (κ1) is 16.7. The number of hydrogen-bond donors (Lipinski definition) is 1. The normalized spacial score (nSPS) is 15.8. The van der Waals surface area contributed by atoms with Gasteiger partial charge in [0.05, 0.1) is 0 Å². The van der Waals surface area contributed by atoms with Crippen molar-refractivity contribution in [2.24, 2.45) is 5.92 Å². The summed E-state index contributed by atoms with van der Waals surface area (Å²) in [6.45, 7) is 7.92. The van der Waals surface area contributed by atoms with Crippen molar-refractivity contribution in [3.8, 4) is 0 Å². The van der Waals surface area contributed by atoms with E-state index >= 15 is 0 Å². The molecule has 0 aliphatic carbocycles. The lowest BCUT2D eigenvalue weighted by Gasteiger charge is -2.23. The maximum atomic E-state index is 5.53. The number of halogens is 1. The first-order chi connectivity index (χ1) is 8.26. The number of hydrogen-bond acceptors (Lipinski definition) is 1. The number of nitrogens with one attached hydrogen (secondary N) is 1. The molecule has 0 saturated carbocycles. The third-order valence-corrected chi connectivity index (χ3v) is 3.32. The molecule has 17 heavy (non-hydrogen) atoms. The van der Waals surface area contributed by atoms with Gasteiger partial charge in [0.1, 0.15) is 0 Å². The van der Waals surface area contributed by atoms with Crippen molar-refractivity contribution in [2.75, 3.05) is 12.4 Å². The third-order valence-electron chi connectivity index (χ3n) is 3.14. The van der Waals surface area contributed by atoms with Gasteiger partial charge >= 0.3 is 0 Å². The van der Waals surface area contributed by atoms with Gasteiger partial charge in [0.2, 0.25) is 0 Å². The Labute approximate surface area is 112 Å². The van der Waals surface area contributed by atoms with E-state index in [1.807, 2.05) is 12.2 Å². The summed E-state index contributed by atoms with van der Waals surface area (Å²) in [6.07, 6.45) is 13.2. The molecule has 0 rings (SSSR count). The van der Waals surface area contributed by atoms with E-state index in [0.29, 0.717) is 11.9 Å². The average molecular weight is 258 g/mol. The van der Waals surface area contributed by atoms with Crippen LogP contribution in [0.1, 0.15) is 46.5 Å². The van der Waals surface area contributed by atoms with Gasteiger partial charge in [-0.3, -0.25) is 0 Å². The summed E-state index contributed by atoms with van der Waals surface area (Å²) in [5.41, 5.74) is 0. The van der Waals surface area contributed by atoms with E-state index in [1.165, 1.54) is 19.3 Å². The van der Waals surface area contributed by atoms with Crippen LogP contribution in [-0.2, 0) is 0 Å². The van der Waals surface area contributed by atoms with Crippen LogP contribution in [0, 0.1) is 5.92 Å². The molecule has 0 aliphatic rings. The van der Waals surface area contributed by atoms with E-state index in [9.17, 15) is 0 Å². The summed E-state index contributed by atoms with van der Waals surface area (Å²) in [7, 11) is 0. The van der Waals surface area contributed by atoms with Crippen molar-refractivity contribution in [3.63, 3.8) is 0 Å². The van der Waals surface area contributed by atoms with Gasteiger partial charge in [-0.15, -0.1) is 11.6 Å². The van der Waals surface area contributed by atoms with Crippen LogP contribution in [0.3, 0.4) is 0 Å². The van der Waals surface area contributed by atoms with E-state index in [0.717, 1.165) is 18.9 Å². The Morgan fingerprint density at radius 3 is 2.47 bits per heavy atom. The molecule has 0 aromatic heterocycles. The fourth-order valence-electron chi connectivity index (χ4n) is 2.04. The van der Waals surface area contributed by atoms with Crippen molar-refractivity contribution in [2.45, 2.75) is 52.5 Å². The minimum Gasteiger partial charge on any atom is -0.314 e. The zero-order valence-corrected chi connectivity index (χ0v) is 12.3. The molecule has 2 heteroatoms. The van der Waals surface area contributed by atoms with Crippen molar-refractivity contribution in [3.05, 3.63) is 24.3 Å². The van der Waals surface area contributed by atoms with E-state index in [2.05, 4.69) is 38.2 Å². The zero-order valence-electron chi connectivity index (χ0n) is 11.6. The molecule has 100 valence electrons. The predicted octanol–water partition coefficient (Wildman–Crippen LogP) is 4.53. The first-order valence-corrected chi connectivity index (χ1v) is 7.40. The lowest BCUT2D eigenvalue weighted by Crippen LogP contribution is -2.33. The van der Waals surface area contributed by atoms with Gasteiger partial charge in [0, 0.05) is 11.9 Å². The number of allylic oxidation sites excluding steroid dienone is 3.